The SMILES string of the molecule is Cc1cc(C(C)(O)CNCc2cccc(C)c2O)c(C)o1. The summed E-state index contributed by atoms with van der Waals surface area (Å²) in [5.74, 6) is 1.83. The molecule has 2 rings (SSSR count). The molecule has 1 aromatic heterocycles. The summed E-state index contributed by atoms with van der Waals surface area (Å²) in [6.07, 6.45) is 0. The van der Waals surface area contributed by atoms with Crippen LogP contribution < -0.4 is 5.32 Å². The van der Waals surface area contributed by atoms with Gasteiger partial charge in [-0.15, -0.1) is 0 Å². The minimum Gasteiger partial charge on any atom is -0.507 e. The molecule has 0 saturated heterocycles. The summed E-state index contributed by atoms with van der Waals surface area (Å²) < 4.78 is 5.47. The van der Waals surface area contributed by atoms with Gasteiger partial charge in [-0.05, 0) is 39.3 Å². The highest BCUT2D eigenvalue weighted by atomic mass is 16.3. The van der Waals surface area contributed by atoms with Gasteiger partial charge in [0.15, 0.2) is 0 Å². The third-order valence-corrected chi connectivity index (χ3v) is 3.73. The molecule has 0 aliphatic rings. The number of aryl methyl sites for hydroxylation is 3. The first kappa shape index (κ1) is 15.6. The smallest absolute Gasteiger partial charge is 0.122 e. The van der Waals surface area contributed by atoms with Gasteiger partial charge >= 0.3 is 0 Å². The molecular weight excluding hydrogens is 266 g/mol. The Labute approximate surface area is 125 Å². The summed E-state index contributed by atoms with van der Waals surface area (Å²) in [5, 5.41) is 23.8. The fourth-order valence-corrected chi connectivity index (χ4v) is 2.56. The van der Waals surface area contributed by atoms with Crippen LogP contribution in [0.2, 0.25) is 0 Å². The van der Waals surface area contributed by atoms with Crippen LogP contribution in [-0.2, 0) is 12.1 Å². The van der Waals surface area contributed by atoms with Gasteiger partial charge in [-0.3, -0.25) is 0 Å². The monoisotopic (exact) mass is 289 g/mol. The Hall–Kier alpha value is -1.78. The van der Waals surface area contributed by atoms with Crippen molar-refractivity contribution < 1.29 is 14.6 Å². The van der Waals surface area contributed by atoms with Crippen molar-refractivity contribution in [2.24, 2.45) is 0 Å². The molecule has 0 amide bonds. The van der Waals surface area contributed by atoms with E-state index in [0.717, 1.165) is 28.2 Å². The average molecular weight is 289 g/mol. The third kappa shape index (κ3) is 3.46. The Morgan fingerprint density at radius 3 is 2.57 bits per heavy atom. The second-order valence-corrected chi connectivity index (χ2v) is 5.79. The van der Waals surface area contributed by atoms with E-state index in [2.05, 4.69) is 5.32 Å². The Morgan fingerprint density at radius 1 is 1.24 bits per heavy atom. The minimum atomic E-state index is -1.01. The Bertz CT molecular complexity index is 629. The van der Waals surface area contributed by atoms with Crippen LogP contribution in [0.5, 0.6) is 5.75 Å². The fourth-order valence-electron chi connectivity index (χ4n) is 2.56. The second kappa shape index (κ2) is 5.92. The lowest BCUT2D eigenvalue weighted by Crippen LogP contribution is -2.35. The predicted octanol–water partition coefficient (Wildman–Crippen LogP) is 2.91. The van der Waals surface area contributed by atoms with Gasteiger partial charge in [0.1, 0.15) is 22.9 Å². The lowest BCUT2D eigenvalue weighted by Gasteiger charge is -2.23. The molecule has 0 bridgehead atoms. The number of benzene rings is 1. The van der Waals surface area contributed by atoms with Gasteiger partial charge in [0.25, 0.3) is 0 Å². The summed E-state index contributed by atoms with van der Waals surface area (Å²) in [7, 11) is 0. The first-order chi connectivity index (χ1) is 9.81. The number of phenols is 1. The van der Waals surface area contributed by atoms with Crippen LogP contribution in [-0.4, -0.2) is 16.8 Å². The zero-order valence-electron chi connectivity index (χ0n) is 13.0. The van der Waals surface area contributed by atoms with Gasteiger partial charge in [0, 0.05) is 24.2 Å². The largest absolute Gasteiger partial charge is 0.507 e. The molecule has 4 heteroatoms. The van der Waals surface area contributed by atoms with E-state index in [1.54, 1.807) is 6.92 Å². The van der Waals surface area contributed by atoms with Gasteiger partial charge < -0.3 is 19.9 Å². The number of furan rings is 1. The van der Waals surface area contributed by atoms with Gasteiger partial charge in [-0.25, -0.2) is 0 Å². The van der Waals surface area contributed by atoms with E-state index in [9.17, 15) is 10.2 Å². The molecule has 0 radical (unpaired) electrons. The van der Waals surface area contributed by atoms with Crippen LogP contribution >= 0.6 is 0 Å². The highest BCUT2D eigenvalue weighted by molar-refractivity contribution is 5.39. The zero-order valence-corrected chi connectivity index (χ0v) is 13.0. The molecule has 0 fully saturated rings. The van der Waals surface area contributed by atoms with Gasteiger partial charge in [-0.2, -0.15) is 0 Å². The lowest BCUT2D eigenvalue weighted by atomic mass is 9.96. The first-order valence-electron chi connectivity index (χ1n) is 7.09. The number of nitrogens with one attached hydrogen (secondary N) is 1. The zero-order chi connectivity index (χ0) is 15.6. The molecule has 0 aliphatic carbocycles. The maximum Gasteiger partial charge on any atom is 0.122 e. The van der Waals surface area contributed by atoms with Crippen molar-refractivity contribution in [1.82, 2.24) is 5.32 Å². The normalized spacial score (nSPS) is 14.1. The summed E-state index contributed by atoms with van der Waals surface area (Å²) >= 11 is 0. The van der Waals surface area contributed by atoms with Crippen molar-refractivity contribution in [2.75, 3.05) is 6.54 Å². The van der Waals surface area contributed by atoms with Crippen molar-refractivity contribution >= 4 is 0 Å². The molecule has 1 unspecified atom stereocenters. The fraction of sp³-hybridized carbons (Fsp3) is 0.412. The lowest BCUT2D eigenvalue weighted by molar-refractivity contribution is 0.0551. The first-order valence-corrected chi connectivity index (χ1v) is 7.09. The maximum absolute atomic E-state index is 10.6. The molecule has 1 heterocycles. The number of aliphatic hydroxyl groups is 1. The molecule has 21 heavy (non-hydrogen) atoms. The van der Waals surface area contributed by atoms with Crippen molar-refractivity contribution in [2.45, 2.75) is 39.8 Å². The average Bonchev–Trinajstić information content (AvgIpc) is 2.74. The molecule has 1 atom stereocenters. The van der Waals surface area contributed by atoms with Crippen LogP contribution in [0.15, 0.2) is 28.7 Å². The van der Waals surface area contributed by atoms with E-state index in [-0.39, 0.29) is 0 Å². The highest BCUT2D eigenvalue weighted by Crippen LogP contribution is 2.27. The van der Waals surface area contributed by atoms with Crippen LogP contribution in [0.3, 0.4) is 0 Å². The standard InChI is InChI=1S/C17H23NO3/c1-11-6-5-7-14(16(11)19)9-18-10-17(4,20)15-8-12(2)21-13(15)3/h5-8,18-20H,9-10H2,1-4H3. The number of rotatable bonds is 5. The third-order valence-electron chi connectivity index (χ3n) is 3.73. The van der Waals surface area contributed by atoms with Gasteiger partial charge in [0.05, 0.1) is 0 Å². The molecule has 0 spiro atoms. The molecule has 2 aromatic rings. The Morgan fingerprint density at radius 2 is 1.95 bits per heavy atom. The van der Waals surface area contributed by atoms with Crippen LogP contribution in [0.4, 0.5) is 0 Å². The highest BCUT2D eigenvalue weighted by Gasteiger charge is 2.27. The number of phenolic OH excluding ortho intramolecular Hbond substituents is 1. The minimum absolute atomic E-state index is 0.306. The van der Waals surface area contributed by atoms with E-state index < -0.39 is 5.60 Å². The summed E-state index contributed by atoms with van der Waals surface area (Å²) in [6, 6.07) is 7.51. The molecule has 3 N–H and O–H groups in total. The summed E-state index contributed by atoms with van der Waals surface area (Å²) in [6.45, 7) is 8.22. The molecule has 4 nitrogen and oxygen atoms in total. The second-order valence-electron chi connectivity index (χ2n) is 5.79. The van der Waals surface area contributed by atoms with E-state index in [1.165, 1.54) is 0 Å². The summed E-state index contributed by atoms with van der Waals surface area (Å²) in [5.41, 5.74) is 1.45. The molecule has 0 saturated carbocycles. The maximum atomic E-state index is 10.6. The molecular formula is C17H23NO3. The summed E-state index contributed by atoms with van der Waals surface area (Å²) in [4.78, 5) is 0. The van der Waals surface area contributed by atoms with Crippen molar-refractivity contribution in [3.05, 3.63) is 52.5 Å². The Kier molecular flexibility index (Phi) is 4.40. The number of aromatic hydroxyl groups is 1. The number of hydrogen-bond donors (Lipinski definition) is 3. The van der Waals surface area contributed by atoms with Crippen LogP contribution in [0.1, 0.15) is 35.1 Å². The van der Waals surface area contributed by atoms with E-state index >= 15 is 0 Å². The number of hydrogen-bond acceptors (Lipinski definition) is 4. The molecule has 1 aromatic carbocycles. The van der Waals surface area contributed by atoms with Gasteiger partial charge in [-0.1, -0.05) is 18.2 Å². The predicted molar refractivity (Wildman–Crippen MR) is 82.3 cm³/mol. The quantitative estimate of drug-likeness (QED) is 0.792. The topological polar surface area (TPSA) is 65.6 Å². The van der Waals surface area contributed by atoms with Crippen LogP contribution in [0, 0.1) is 20.8 Å². The van der Waals surface area contributed by atoms with Crippen molar-refractivity contribution in [3.8, 4) is 5.75 Å². The van der Waals surface area contributed by atoms with E-state index in [1.807, 2.05) is 45.0 Å². The van der Waals surface area contributed by atoms with Crippen LogP contribution in [0.25, 0.3) is 0 Å². The molecule has 114 valence electrons. The van der Waals surface area contributed by atoms with E-state index in [4.69, 9.17) is 4.42 Å². The van der Waals surface area contributed by atoms with E-state index in [0.29, 0.717) is 18.8 Å². The van der Waals surface area contributed by atoms with Crippen molar-refractivity contribution in [1.29, 1.82) is 0 Å². The number of para-hydroxylation sites is 1. The molecule has 0 aliphatic heterocycles. The van der Waals surface area contributed by atoms with Crippen molar-refractivity contribution in [3.63, 3.8) is 0 Å². The van der Waals surface area contributed by atoms with Gasteiger partial charge in [0.2, 0.25) is 0 Å². The Balaban J connectivity index is 2.02.